The van der Waals surface area contributed by atoms with Crippen molar-refractivity contribution in [2.24, 2.45) is 0 Å². The third kappa shape index (κ3) is 5.84. The summed E-state index contributed by atoms with van der Waals surface area (Å²) in [6.07, 6.45) is 6.52. The van der Waals surface area contributed by atoms with Crippen LogP contribution in [0, 0.1) is 0 Å². The van der Waals surface area contributed by atoms with E-state index in [1.165, 1.54) is 53.0 Å². The molecule has 4 aromatic rings. The van der Waals surface area contributed by atoms with E-state index in [9.17, 15) is 4.79 Å². The molecule has 0 amide bonds. The predicted molar refractivity (Wildman–Crippen MR) is 173 cm³/mol. The Morgan fingerprint density at radius 2 is 1.56 bits per heavy atom. The van der Waals surface area contributed by atoms with Gasteiger partial charge in [-0.25, -0.2) is 4.79 Å². The molecule has 2 nitrogen and oxygen atoms in total. The van der Waals surface area contributed by atoms with Crippen molar-refractivity contribution >= 4 is 43.9 Å². The molecule has 0 aliphatic heterocycles. The summed E-state index contributed by atoms with van der Waals surface area (Å²) >= 11 is 7.62. The minimum atomic E-state index is -0.534. The largest absolute Gasteiger partial charge is 0.494 e. The molecule has 0 aromatic heterocycles. The molecule has 1 aliphatic rings. The average molecular weight is 664 g/mol. The van der Waals surface area contributed by atoms with Gasteiger partial charge in [-0.05, 0) is 81.9 Å². The molecule has 0 radical (unpaired) electrons. The Morgan fingerprint density at radius 3 is 2.29 bits per heavy atom. The van der Waals surface area contributed by atoms with E-state index in [1.54, 1.807) is 6.08 Å². The fourth-order valence-electron chi connectivity index (χ4n) is 5.65. The van der Waals surface area contributed by atoms with E-state index in [4.69, 9.17) is 4.74 Å². The van der Waals surface area contributed by atoms with Crippen LogP contribution in [0.5, 0.6) is 5.75 Å². The van der Waals surface area contributed by atoms with Gasteiger partial charge < -0.3 is 4.74 Å². The molecular formula is C37H28Br2O2. The first kappa shape index (κ1) is 28.7. The molecule has 0 fully saturated rings. The van der Waals surface area contributed by atoms with Crippen LogP contribution in [0.4, 0.5) is 0 Å². The Hall–Kier alpha value is -3.79. The van der Waals surface area contributed by atoms with Gasteiger partial charge in [0.15, 0.2) is 5.94 Å². The molecule has 0 heterocycles. The topological polar surface area (TPSA) is 26.3 Å². The van der Waals surface area contributed by atoms with Crippen LogP contribution < -0.4 is 4.74 Å². The van der Waals surface area contributed by atoms with Crippen LogP contribution in [-0.2, 0) is 10.2 Å². The van der Waals surface area contributed by atoms with Crippen molar-refractivity contribution in [3.63, 3.8) is 0 Å². The van der Waals surface area contributed by atoms with Crippen molar-refractivity contribution in [1.82, 2.24) is 0 Å². The summed E-state index contributed by atoms with van der Waals surface area (Å²) in [6.45, 7) is 2.95. The molecule has 0 bridgehead atoms. The molecule has 5 rings (SSSR count). The third-order valence-corrected chi connectivity index (χ3v) is 8.61. The number of rotatable bonds is 9. The molecule has 202 valence electrons. The smallest absolute Gasteiger partial charge is 0.186 e. The lowest BCUT2D eigenvalue weighted by atomic mass is 9.67. The lowest BCUT2D eigenvalue weighted by Gasteiger charge is -2.34. The van der Waals surface area contributed by atoms with E-state index >= 15 is 0 Å². The normalized spacial score (nSPS) is 14.4. The molecule has 1 atom stereocenters. The van der Waals surface area contributed by atoms with Gasteiger partial charge in [0.05, 0.1) is 12.0 Å². The maximum atomic E-state index is 10.3. The van der Waals surface area contributed by atoms with E-state index < -0.39 is 5.41 Å². The van der Waals surface area contributed by atoms with Crippen LogP contribution in [0.1, 0.15) is 60.4 Å². The number of unbranched alkanes of at least 4 members (excludes halogenated alkanes) is 3. The van der Waals surface area contributed by atoms with E-state index in [1.807, 2.05) is 0 Å². The number of halogens is 2. The third-order valence-electron chi connectivity index (χ3n) is 7.46. The van der Waals surface area contributed by atoms with Gasteiger partial charge in [-0.15, -0.1) is 0 Å². The van der Waals surface area contributed by atoms with Gasteiger partial charge in [0.1, 0.15) is 5.75 Å². The first-order valence-corrected chi connectivity index (χ1v) is 15.3. The van der Waals surface area contributed by atoms with Crippen LogP contribution in [0.25, 0.3) is 17.2 Å². The fraction of sp³-hybridized carbons (Fsp3) is 0.189. The van der Waals surface area contributed by atoms with Gasteiger partial charge in [0.2, 0.25) is 0 Å². The molecule has 1 unspecified atom stereocenters. The summed E-state index contributed by atoms with van der Waals surface area (Å²) in [5, 5.41) is 0. The van der Waals surface area contributed by atoms with Gasteiger partial charge in [0.25, 0.3) is 0 Å². The summed E-state index contributed by atoms with van der Waals surface area (Å²) < 4.78 is 8.20. The second-order valence-electron chi connectivity index (χ2n) is 9.92. The van der Waals surface area contributed by atoms with Crippen molar-refractivity contribution in [3.8, 4) is 16.9 Å². The SMILES string of the molecule is CCCCCCOc1ccc(C2(c3ccc(C=C=C=C=C=C=O)cc3)c3cc(Br)ccc3-c3c(Br)cccc32)cc1. The Bertz CT molecular complexity index is 1760. The molecular weight excluding hydrogens is 636 g/mol. The number of hydrogen-bond acceptors (Lipinski definition) is 2. The highest BCUT2D eigenvalue weighted by Gasteiger charge is 2.46. The summed E-state index contributed by atoms with van der Waals surface area (Å²) in [6, 6.07) is 30.1. The minimum absolute atomic E-state index is 0.534. The van der Waals surface area contributed by atoms with Crippen LogP contribution in [-0.4, -0.2) is 12.5 Å². The Morgan fingerprint density at radius 1 is 0.805 bits per heavy atom. The number of hydrogen-bond donors (Lipinski definition) is 0. The summed E-state index contributed by atoms with van der Waals surface area (Å²) in [5.41, 5.74) is 17.8. The van der Waals surface area contributed by atoms with Gasteiger partial charge in [0, 0.05) is 26.0 Å². The van der Waals surface area contributed by atoms with Gasteiger partial charge in [-0.2, -0.15) is 0 Å². The highest BCUT2D eigenvalue weighted by molar-refractivity contribution is 9.10. The van der Waals surface area contributed by atoms with Crippen molar-refractivity contribution in [1.29, 1.82) is 0 Å². The molecule has 4 aromatic carbocycles. The van der Waals surface area contributed by atoms with Crippen LogP contribution >= 0.6 is 31.9 Å². The zero-order valence-electron chi connectivity index (χ0n) is 22.8. The van der Waals surface area contributed by atoms with Crippen LogP contribution in [0.3, 0.4) is 0 Å². The summed E-state index contributed by atoms with van der Waals surface area (Å²) in [5.74, 6) is 2.42. The number of benzene rings is 4. The van der Waals surface area contributed by atoms with Crippen molar-refractivity contribution < 1.29 is 9.53 Å². The van der Waals surface area contributed by atoms with Gasteiger partial charge in [-0.1, -0.05) is 118 Å². The Kier molecular flexibility index (Phi) is 9.28. The van der Waals surface area contributed by atoms with Crippen molar-refractivity contribution in [2.45, 2.75) is 38.0 Å². The second kappa shape index (κ2) is 13.2. The number of fused-ring (bicyclic) bond motifs is 3. The molecule has 0 saturated carbocycles. The summed E-state index contributed by atoms with van der Waals surface area (Å²) in [7, 11) is 0. The Labute approximate surface area is 258 Å². The fourth-order valence-corrected chi connectivity index (χ4v) is 6.59. The maximum Gasteiger partial charge on any atom is 0.186 e. The van der Waals surface area contributed by atoms with Crippen molar-refractivity contribution in [3.05, 3.63) is 145 Å². The van der Waals surface area contributed by atoms with Crippen LogP contribution in [0.15, 0.2) is 117 Å². The zero-order chi connectivity index (χ0) is 28.7. The number of ether oxygens (including phenoxy) is 1. The monoisotopic (exact) mass is 662 g/mol. The molecule has 0 spiro atoms. The maximum absolute atomic E-state index is 10.3. The quantitative estimate of drug-likeness (QED) is 0.0891. The molecule has 0 N–H and O–H groups in total. The molecule has 4 heteroatoms. The zero-order valence-corrected chi connectivity index (χ0v) is 25.9. The highest BCUT2D eigenvalue weighted by atomic mass is 79.9. The van der Waals surface area contributed by atoms with Crippen molar-refractivity contribution in [2.75, 3.05) is 6.61 Å². The molecule has 0 saturated heterocycles. The minimum Gasteiger partial charge on any atom is -0.494 e. The van der Waals surface area contributed by atoms with E-state index in [0.29, 0.717) is 0 Å². The van der Waals surface area contributed by atoms with E-state index in [2.05, 4.69) is 147 Å². The van der Waals surface area contributed by atoms with Gasteiger partial charge >= 0.3 is 0 Å². The standard InChI is InChI=1S/C37H28Br2O2/c1-2-3-4-9-25-41-31-21-18-29(19-22-31)37(28-16-14-27(15-17-28)11-7-5-6-8-24-40)33-12-10-13-35(39)36(33)32-23-20-30(38)26-34(32)37/h10-23,26H,2-4,9,25H2,1H3. The summed E-state index contributed by atoms with van der Waals surface area (Å²) in [4.78, 5) is 10.3. The highest BCUT2D eigenvalue weighted by Crippen LogP contribution is 2.58. The van der Waals surface area contributed by atoms with Gasteiger partial charge in [-0.3, -0.25) is 0 Å². The first-order valence-electron chi connectivity index (χ1n) is 13.7. The molecule has 41 heavy (non-hydrogen) atoms. The lowest BCUT2D eigenvalue weighted by Crippen LogP contribution is -2.28. The second-order valence-corrected chi connectivity index (χ2v) is 11.7. The number of carbonyl (C=O) groups excluding carboxylic acids is 1. The predicted octanol–water partition coefficient (Wildman–Crippen LogP) is 10.00. The molecule has 1 aliphatic carbocycles. The van der Waals surface area contributed by atoms with E-state index in [0.717, 1.165) is 38.8 Å². The van der Waals surface area contributed by atoms with Crippen LogP contribution in [0.2, 0.25) is 0 Å². The first-order chi connectivity index (χ1) is 20.1. The Balaban J connectivity index is 1.66. The van der Waals surface area contributed by atoms with E-state index in [-0.39, 0.29) is 0 Å². The average Bonchev–Trinajstić information content (AvgIpc) is 3.29. The lowest BCUT2D eigenvalue weighted by molar-refractivity contribution is 0.305.